The summed E-state index contributed by atoms with van der Waals surface area (Å²) < 4.78 is 7.40. The molecule has 1 amide bonds. The Balaban J connectivity index is 1.49. The van der Waals surface area contributed by atoms with Crippen molar-refractivity contribution in [3.8, 4) is 0 Å². The molecule has 3 rings (SSSR count). The lowest BCUT2D eigenvalue weighted by Gasteiger charge is -2.31. The maximum absolute atomic E-state index is 12.5. The van der Waals surface area contributed by atoms with E-state index in [1.165, 1.54) is 12.8 Å². The maximum Gasteiger partial charge on any atom is 0.243 e. The van der Waals surface area contributed by atoms with Crippen molar-refractivity contribution >= 4 is 5.91 Å². The summed E-state index contributed by atoms with van der Waals surface area (Å²) in [4.78, 5) is 15.0. The Kier molecular flexibility index (Phi) is 4.84. The third kappa shape index (κ3) is 3.70. The van der Waals surface area contributed by atoms with Crippen molar-refractivity contribution in [1.82, 2.24) is 14.8 Å². The summed E-state index contributed by atoms with van der Waals surface area (Å²) in [7, 11) is 0. The average Bonchev–Trinajstić information content (AvgIpc) is 3.08. The molecule has 1 saturated heterocycles. The number of aromatic nitrogens is 1. The van der Waals surface area contributed by atoms with E-state index in [1.807, 2.05) is 29.1 Å². The minimum Gasteiger partial charge on any atom is -0.379 e. The van der Waals surface area contributed by atoms with Crippen LogP contribution in [0.1, 0.15) is 32.2 Å². The van der Waals surface area contributed by atoms with Gasteiger partial charge in [0.15, 0.2) is 0 Å². The monoisotopic (exact) mass is 305 g/mol. The van der Waals surface area contributed by atoms with Crippen molar-refractivity contribution in [3.05, 3.63) is 24.5 Å². The number of nitrogens with one attached hydrogen (secondary N) is 1. The van der Waals surface area contributed by atoms with Crippen LogP contribution in [0.25, 0.3) is 0 Å². The molecule has 2 heterocycles. The highest BCUT2D eigenvalue weighted by molar-refractivity contribution is 5.80. The van der Waals surface area contributed by atoms with Gasteiger partial charge in [-0.2, -0.15) is 0 Å². The fourth-order valence-corrected chi connectivity index (χ4v) is 3.28. The quantitative estimate of drug-likeness (QED) is 0.833. The summed E-state index contributed by atoms with van der Waals surface area (Å²) in [5, 5.41) is 3.20. The van der Waals surface area contributed by atoms with E-state index in [0.29, 0.717) is 5.41 Å². The Hall–Kier alpha value is -1.33. The Morgan fingerprint density at radius 2 is 1.95 bits per heavy atom. The Morgan fingerprint density at radius 1 is 1.27 bits per heavy atom. The Labute approximate surface area is 132 Å². The highest BCUT2D eigenvalue weighted by atomic mass is 16.5. The van der Waals surface area contributed by atoms with E-state index >= 15 is 0 Å². The van der Waals surface area contributed by atoms with Gasteiger partial charge in [-0.1, -0.05) is 6.92 Å². The van der Waals surface area contributed by atoms with E-state index < -0.39 is 0 Å². The number of nitrogens with zero attached hydrogens (tertiary/aromatic N) is 2. The molecule has 1 aliphatic heterocycles. The summed E-state index contributed by atoms with van der Waals surface area (Å²) in [5.74, 6) is 0.145. The van der Waals surface area contributed by atoms with Crippen molar-refractivity contribution in [1.29, 1.82) is 0 Å². The van der Waals surface area contributed by atoms with Crippen LogP contribution in [0.2, 0.25) is 0 Å². The molecule has 1 N–H and O–H groups in total. The number of carbonyl (C=O) groups is 1. The van der Waals surface area contributed by atoms with E-state index in [1.54, 1.807) is 0 Å². The molecular formula is C17H27N3O2. The molecule has 5 heteroatoms. The lowest BCUT2D eigenvalue weighted by Crippen LogP contribution is -2.44. The third-order valence-corrected chi connectivity index (χ3v) is 4.93. The van der Waals surface area contributed by atoms with Gasteiger partial charge >= 0.3 is 0 Å². The van der Waals surface area contributed by atoms with Crippen molar-refractivity contribution in [2.24, 2.45) is 5.41 Å². The first kappa shape index (κ1) is 15.6. The second-order valence-electron chi connectivity index (χ2n) is 6.66. The summed E-state index contributed by atoms with van der Waals surface area (Å²) in [5.41, 5.74) is 0.308. The van der Waals surface area contributed by atoms with E-state index in [0.717, 1.165) is 45.8 Å². The van der Waals surface area contributed by atoms with Gasteiger partial charge in [0.1, 0.15) is 6.04 Å². The summed E-state index contributed by atoms with van der Waals surface area (Å²) >= 11 is 0. The summed E-state index contributed by atoms with van der Waals surface area (Å²) in [6, 6.07) is 3.85. The van der Waals surface area contributed by atoms with Crippen LogP contribution in [-0.2, 0) is 9.53 Å². The lowest BCUT2D eigenvalue weighted by atomic mass is 10.1. The average molecular weight is 305 g/mol. The molecule has 1 unspecified atom stereocenters. The van der Waals surface area contributed by atoms with E-state index in [4.69, 9.17) is 4.74 Å². The first-order chi connectivity index (χ1) is 10.7. The van der Waals surface area contributed by atoms with Gasteiger partial charge in [-0.15, -0.1) is 0 Å². The van der Waals surface area contributed by atoms with Gasteiger partial charge in [0, 0.05) is 44.0 Å². The number of rotatable bonds is 7. The maximum atomic E-state index is 12.5. The Bertz CT molecular complexity index is 476. The molecule has 1 aromatic heterocycles. The number of amides is 1. The molecule has 1 saturated carbocycles. The van der Waals surface area contributed by atoms with Crippen LogP contribution in [0.3, 0.4) is 0 Å². The van der Waals surface area contributed by atoms with Gasteiger partial charge < -0.3 is 14.6 Å². The SMILES string of the molecule is CCC(C(=O)NCC1(CN2CCOCC2)CC1)n1cccc1. The number of morpholine rings is 1. The molecule has 22 heavy (non-hydrogen) atoms. The highest BCUT2D eigenvalue weighted by Crippen LogP contribution is 2.45. The third-order valence-electron chi connectivity index (χ3n) is 4.93. The van der Waals surface area contributed by atoms with Gasteiger partial charge in [-0.25, -0.2) is 0 Å². The molecule has 1 aromatic rings. The fourth-order valence-electron chi connectivity index (χ4n) is 3.28. The molecule has 0 radical (unpaired) electrons. The van der Waals surface area contributed by atoms with E-state index in [9.17, 15) is 4.79 Å². The van der Waals surface area contributed by atoms with Crippen molar-refractivity contribution < 1.29 is 9.53 Å². The molecule has 2 fully saturated rings. The minimum atomic E-state index is -0.0887. The number of hydrogen-bond acceptors (Lipinski definition) is 3. The largest absolute Gasteiger partial charge is 0.379 e. The van der Waals surface area contributed by atoms with Gasteiger partial charge in [-0.3, -0.25) is 9.69 Å². The van der Waals surface area contributed by atoms with Crippen LogP contribution in [-0.4, -0.2) is 54.8 Å². The second-order valence-corrected chi connectivity index (χ2v) is 6.66. The summed E-state index contributed by atoms with van der Waals surface area (Å²) in [6.45, 7) is 7.69. The van der Waals surface area contributed by atoms with Crippen LogP contribution in [0, 0.1) is 5.41 Å². The molecule has 1 aliphatic carbocycles. The van der Waals surface area contributed by atoms with Crippen LogP contribution >= 0.6 is 0 Å². The van der Waals surface area contributed by atoms with Crippen molar-refractivity contribution in [2.75, 3.05) is 39.4 Å². The van der Waals surface area contributed by atoms with Gasteiger partial charge in [0.2, 0.25) is 5.91 Å². The zero-order valence-electron chi connectivity index (χ0n) is 13.5. The van der Waals surface area contributed by atoms with E-state index in [-0.39, 0.29) is 11.9 Å². The molecule has 5 nitrogen and oxygen atoms in total. The minimum absolute atomic E-state index is 0.0887. The second kappa shape index (κ2) is 6.84. The highest BCUT2D eigenvalue weighted by Gasteiger charge is 2.44. The van der Waals surface area contributed by atoms with Crippen LogP contribution in [0.15, 0.2) is 24.5 Å². The van der Waals surface area contributed by atoms with Gasteiger partial charge in [-0.05, 0) is 31.4 Å². The van der Waals surface area contributed by atoms with Crippen LogP contribution in [0.4, 0.5) is 0 Å². The smallest absolute Gasteiger partial charge is 0.243 e. The van der Waals surface area contributed by atoms with Gasteiger partial charge in [0.05, 0.1) is 13.2 Å². The molecule has 2 aliphatic rings. The zero-order chi connectivity index (χ0) is 15.4. The Morgan fingerprint density at radius 3 is 2.55 bits per heavy atom. The number of carbonyl (C=O) groups excluding carboxylic acids is 1. The topological polar surface area (TPSA) is 46.5 Å². The van der Waals surface area contributed by atoms with Gasteiger partial charge in [0.25, 0.3) is 0 Å². The number of hydrogen-bond donors (Lipinski definition) is 1. The normalized spacial score (nSPS) is 22.2. The van der Waals surface area contributed by atoms with E-state index in [2.05, 4.69) is 17.1 Å². The first-order valence-electron chi connectivity index (χ1n) is 8.43. The van der Waals surface area contributed by atoms with Crippen LogP contribution < -0.4 is 5.32 Å². The molecule has 122 valence electrons. The van der Waals surface area contributed by atoms with Crippen LogP contribution in [0.5, 0.6) is 0 Å². The lowest BCUT2D eigenvalue weighted by molar-refractivity contribution is -0.124. The standard InChI is InChI=1S/C17H27N3O2/c1-2-15(20-7-3-4-8-20)16(21)18-13-17(5-6-17)14-19-9-11-22-12-10-19/h3-4,7-8,15H,2,5-6,9-14H2,1H3,(H,18,21). The molecular weight excluding hydrogens is 278 g/mol. The molecule has 1 atom stereocenters. The molecule has 0 bridgehead atoms. The molecule has 0 aromatic carbocycles. The predicted molar refractivity (Wildman–Crippen MR) is 85.7 cm³/mol. The van der Waals surface area contributed by atoms with Crippen molar-refractivity contribution in [2.45, 2.75) is 32.2 Å². The zero-order valence-corrected chi connectivity index (χ0v) is 13.5. The predicted octanol–water partition coefficient (Wildman–Crippen LogP) is 1.67. The summed E-state index contributed by atoms with van der Waals surface area (Å²) in [6.07, 6.45) is 7.20. The first-order valence-corrected chi connectivity index (χ1v) is 8.43. The fraction of sp³-hybridized carbons (Fsp3) is 0.706. The molecule has 0 spiro atoms. The number of ether oxygens (including phenoxy) is 1. The van der Waals surface area contributed by atoms with Crippen molar-refractivity contribution in [3.63, 3.8) is 0 Å².